The summed E-state index contributed by atoms with van der Waals surface area (Å²) < 4.78 is 5.01. The average molecular weight is 327 g/mol. The zero-order valence-corrected chi connectivity index (χ0v) is 13.0. The second kappa shape index (κ2) is 6.87. The molecule has 0 spiro atoms. The van der Waals surface area contributed by atoms with Crippen LogP contribution in [0.5, 0.6) is 0 Å². The Morgan fingerprint density at radius 1 is 1.48 bits per heavy atom. The Morgan fingerprint density at radius 2 is 2.19 bits per heavy atom. The molecule has 1 fully saturated rings. The summed E-state index contributed by atoms with van der Waals surface area (Å²) in [5.74, 6) is -1.05. The Morgan fingerprint density at radius 3 is 2.81 bits per heavy atom. The normalized spacial score (nSPS) is 20.8. The van der Waals surface area contributed by atoms with Crippen LogP contribution in [0.1, 0.15) is 19.8 Å². The molecule has 2 rings (SSSR count). The fraction of sp³-hybridized carbons (Fsp3) is 0.357. The lowest BCUT2D eigenvalue weighted by Crippen LogP contribution is -2.35. The summed E-state index contributed by atoms with van der Waals surface area (Å²) in [5.41, 5.74) is 0.610. The Bertz CT molecular complexity index is 579. The Hall–Kier alpha value is -1.66. The summed E-state index contributed by atoms with van der Waals surface area (Å²) in [5, 5.41) is 6.02. The van der Waals surface area contributed by atoms with Crippen LogP contribution in [0.15, 0.2) is 24.3 Å². The molecule has 1 heterocycles. The summed E-state index contributed by atoms with van der Waals surface area (Å²) >= 11 is 11.0. The number of halogens is 1. The molecule has 1 amide bonds. The van der Waals surface area contributed by atoms with Gasteiger partial charge in [-0.05, 0) is 37.7 Å². The third-order valence-corrected chi connectivity index (χ3v) is 3.61. The number of thiocarbonyl (C=S) groups is 1. The maximum Gasteiger partial charge on any atom is 0.309 e. The van der Waals surface area contributed by atoms with Gasteiger partial charge in [-0.1, -0.05) is 23.7 Å². The van der Waals surface area contributed by atoms with Gasteiger partial charge in [-0.2, -0.15) is 0 Å². The highest BCUT2D eigenvalue weighted by molar-refractivity contribution is 7.80. The number of para-hydroxylation sites is 1. The molecule has 5 nitrogen and oxygen atoms in total. The first-order valence-corrected chi connectivity index (χ1v) is 7.30. The highest BCUT2D eigenvalue weighted by Gasteiger charge is 2.33. The Labute approximate surface area is 133 Å². The lowest BCUT2D eigenvalue weighted by Gasteiger charge is -2.11. The lowest BCUT2D eigenvalue weighted by molar-refractivity contribution is -0.145. The van der Waals surface area contributed by atoms with Gasteiger partial charge in [-0.3, -0.25) is 9.59 Å². The smallest absolute Gasteiger partial charge is 0.309 e. The largest absolute Gasteiger partial charge is 0.462 e. The number of rotatable bonds is 3. The van der Waals surface area contributed by atoms with Gasteiger partial charge >= 0.3 is 5.97 Å². The van der Waals surface area contributed by atoms with Crippen molar-refractivity contribution in [1.29, 1.82) is 0 Å². The monoisotopic (exact) mass is 326 g/mol. The molecule has 0 aliphatic carbocycles. The number of benzene rings is 1. The molecule has 112 valence electrons. The molecule has 0 bridgehead atoms. The third kappa shape index (κ3) is 4.41. The van der Waals surface area contributed by atoms with E-state index in [4.69, 9.17) is 28.6 Å². The van der Waals surface area contributed by atoms with Gasteiger partial charge in [0, 0.05) is 6.42 Å². The van der Waals surface area contributed by atoms with E-state index in [0.29, 0.717) is 17.1 Å². The molecular formula is C14H15ClN2O3S. The molecule has 7 heteroatoms. The fourth-order valence-corrected chi connectivity index (χ4v) is 2.53. The minimum Gasteiger partial charge on any atom is -0.462 e. The fourth-order valence-electron chi connectivity index (χ4n) is 2.12. The van der Waals surface area contributed by atoms with E-state index < -0.39 is 5.92 Å². The standard InChI is InChI=1S/C14H15ClN2O3S/c1-8-6-9(13(19)20-8)7-12(18)17-14(21)16-11-5-3-2-4-10(11)15/h2-5,8-9H,6-7H2,1H3,(H2,16,17,18,21)/t8-,9+/m1/s1. The second-order valence-electron chi connectivity index (χ2n) is 4.87. The maximum absolute atomic E-state index is 11.9. The van der Waals surface area contributed by atoms with Gasteiger partial charge in [0.05, 0.1) is 22.7 Å². The van der Waals surface area contributed by atoms with Crippen LogP contribution in [-0.4, -0.2) is 23.1 Å². The average Bonchev–Trinajstić information content (AvgIpc) is 2.70. The van der Waals surface area contributed by atoms with E-state index >= 15 is 0 Å². The van der Waals surface area contributed by atoms with E-state index in [0.717, 1.165) is 0 Å². The van der Waals surface area contributed by atoms with Crippen molar-refractivity contribution < 1.29 is 14.3 Å². The van der Waals surface area contributed by atoms with Crippen molar-refractivity contribution >= 4 is 46.5 Å². The van der Waals surface area contributed by atoms with Crippen molar-refractivity contribution in [1.82, 2.24) is 5.32 Å². The molecule has 1 aliphatic rings. The number of carbonyl (C=O) groups excluding carboxylic acids is 2. The molecule has 1 aromatic carbocycles. The molecule has 2 N–H and O–H groups in total. The number of carbonyl (C=O) groups is 2. The van der Waals surface area contributed by atoms with E-state index in [2.05, 4.69) is 10.6 Å². The Balaban J connectivity index is 1.84. The van der Waals surface area contributed by atoms with E-state index in [1.165, 1.54) is 0 Å². The van der Waals surface area contributed by atoms with E-state index in [9.17, 15) is 9.59 Å². The summed E-state index contributed by atoms with van der Waals surface area (Å²) in [7, 11) is 0. The van der Waals surface area contributed by atoms with Gasteiger partial charge in [0.2, 0.25) is 5.91 Å². The number of nitrogens with one attached hydrogen (secondary N) is 2. The van der Waals surface area contributed by atoms with Crippen LogP contribution in [-0.2, 0) is 14.3 Å². The number of amides is 1. The van der Waals surface area contributed by atoms with Crippen LogP contribution in [0.3, 0.4) is 0 Å². The molecule has 0 aromatic heterocycles. The molecule has 0 saturated carbocycles. The van der Waals surface area contributed by atoms with E-state index in [1.807, 2.05) is 0 Å². The molecule has 1 aliphatic heterocycles. The summed E-state index contributed by atoms with van der Waals surface area (Å²) in [6.45, 7) is 1.80. The van der Waals surface area contributed by atoms with Crippen LogP contribution in [0.2, 0.25) is 5.02 Å². The third-order valence-electron chi connectivity index (χ3n) is 3.07. The molecule has 21 heavy (non-hydrogen) atoms. The van der Waals surface area contributed by atoms with Crippen molar-refractivity contribution in [2.45, 2.75) is 25.9 Å². The number of anilines is 1. The minimum absolute atomic E-state index is 0.0630. The van der Waals surface area contributed by atoms with Crippen molar-refractivity contribution in [3.63, 3.8) is 0 Å². The van der Waals surface area contributed by atoms with Crippen LogP contribution >= 0.6 is 23.8 Å². The van der Waals surface area contributed by atoms with Gasteiger partial charge in [-0.25, -0.2) is 0 Å². The van der Waals surface area contributed by atoms with Gasteiger partial charge in [0.25, 0.3) is 0 Å². The first-order chi connectivity index (χ1) is 9.95. The highest BCUT2D eigenvalue weighted by atomic mass is 35.5. The molecule has 1 saturated heterocycles. The van der Waals surface area contributed by atoms with Crippen LogP contribution in [0.4, 0.5) is 5.69 Å². The van der Waals surface area contributed by atoms with Gasteiger partial charge in [-0.15, -0.1) is 0 Å². The number of esters is 1. The minimum atomic E-state index is -0.400. The van der Waals surface area contributed by atoms with Gasteiger partial charge in [0.1, 0.15) is 0 Å². The summed E-state index contributed by atoms with van der Waals surface area (Å²) in [4.78, 5) is 23.3. The lowest BCUT2D eigenvalue weighted by atomic mass is 10.0. The maximum atomic E-state index is 11.9. The number of hydrogen-bond donors (Lipinski definition) is 2. The van der Waals surface area contributed by atoms with Crippen molar-refractivity contribution in [2.75, 3.05) is 5.32 Å². The van der Waals surface area contributed by atoms with Gasteiger partial charge < -0.3 is 15.4 Å². The quantitative estimate of drug-likeness (QED) is 0.660. The Kier molecular flexibility index (Phi) is 5.14. The molecule has 0 radical (unpaired) electrons. The zero-order valence-electron chi connectivity index (χ0n) is 11.4. The molecule has 2 atom stereocenters. The van der Waals surface area contributed by atoms with Crippen LogP contribution in [0, 0.1) is 5.92 Å². The topological polar surface area (TPSA) is 67.4 Å². The van der Waals surface area contributed by atoms with Crippen molar-refractivity contribution in [3.8, 4) is 0 Å². The zero-order chi connectivity index (χ0) is 15.4. The highest BCUT2D eigenvalue weighted by Crippen LogP contribution is 2.23. The van der Waals surface area contributed by atoms with E-state index in [-0.39, 0.29) is 29.5 Å². The van der Waals surface area contributed by atoms with Crippen molar-refractivity contribution in [3.05, 3.63) is 29.3 Å². The number of cyclic esters (lactones) is 1. The van der Waals surface area contributed by atoms with Gasteiger partial charge in [0.15, 0.2) is 5.11 Å². The first-order valence-electron chi connectivity index (χ1n) is 6.51. The summed E-state index contributed by atoms with van der Waals surface area (Å²) in [6.07, 6.45) is 0.480. The number of hydrogen-bond acceptors (Lipinski definition) is 4. The summed E-state index contributed by atoms with van der Waals surface area (Å²) in [6, 6.07) is 7.05. The predicted octanol–water partition coefficient (Wildman–Crippen LogP) is 2.49. The van der Waals surface area contributed by atoms with Crippen LogP contribution < -0.4 is 10.6 Å². The number of ether oxygens (including phenoxy) is 1. The SMILES string of the molecule is C[C@@H]1C[C@@H](CC(=O)NC(=S)Nc2ccccc2Cl)C(=O)O1. The van der Waals surface area contributed by atoms with E-state index in [1.54, 1.807) is 31.2 Å². The first kappa shape index (κ1) is 15.7. The molecule has 1 aromatic rings. The molecular weight excluding hydrogens is 312 g/mol. The predicted molar refractivity (Wildman–Crippen MR) is 84.1 cm³/mol. The van der Waals surface area contributed by atoms with Crippen LogP contribution in [0.25, 0.3) is 0 Å². The van der Waals surface area contributed by atoms with Crippen molar-refractivity contribution in [2.24, 2.45) is 5.92 Å². The second-order valence-corrected chi connectivity index (χ2v) is 5.68. The molecule has 0 unspecified atom stereocenters.